The van der Waals surface area contributed by atoms with E-state index in [0.717, 1.165) is 5.56 Å². The molecule has 0 aliphatic carbocycles. The summed E-state index contributed by atoms with van der Waals surface area (Å²) < 4.78 is 0. The average molecular weight is 330 g/mol. The van der Waals surface area contributed by atoms with Crippen LogP contribution >= 0.6 is 39.1 Å². The van der Waals surface area contributed by atoms with Crippen molar-refractivity contribution in [1.82, 2.24) is 0 Å². The molecule has 2 aromatic rings. The predicted molar refractivity (Wildman–Crippen MR) is 78.4 cm³/mol. The molecular weight excluding hydrogens is 319 g/mol. The Morgan fingerprint density at radius 3 is 2.29 bits per heavy atom. The van der Waals surface area contributed by atoms with Crippen molar-refractivity contribution in [3.05, 3.63) is 69.2 Å². The molecule has 0 spiro atoms. The van der Waals surface area contributed by atoms with Gasteiger partial charge in [0.05, 0.1) is 14.9 Å². The second-order valence-corrected chi connectivity index (χ2v) is 5.68. The molecule has 3 heteroatoms. The van der Waals surface area contributed by atoms with Crippen LogP contribution in [-0.4, -0.2) is 0 Å². The van der Waals surface area contributed by atoms with Crippen LogP contribution in [0.15, 0.2) is 42.5 Å². The molecule has 0 heterocycles. The van der Waals surface area contributed by atoms with Crippen LogP contribution < -0.4 is 0 Å². The van der Waals surface area contributed by atoms with Gasteiger partial charge in [-0.25, -0.2) is 0 Å². The Balaban J connectivity index is 2.36. The van der Waals surface area contributed by atoms with Gasteiger partial charge in [-0.2, -0.15) is 0 Å². The summed E-state index contributed by atoms with van der Waals surface area (Å²) in [5.74, 6) is 0. The Kier molecular flexibility index (Phi) is 4.13. The molecule has 0 radical (unpaired) electrons. The molecule has 0 nitrogen and oxygen atoms in total. The Labute approximate surface area is 120 Å². The molecule has 2 aromatic carbocycles. The van der Waals surface area contributed by atoms with E-state index >= 15 is 0 Å². The zero-order valence-corrected chi connectivity index (χ0v) is 12.4. The van der Waals surface area contributed by atoms with Crippen molar-refractivity contribution in [3.63, 3.8) is 0 Å². The van der Waals surface area contributed by atoms with E-state index in [1.807, 2.05) is 18.2 Å². The maximum absolute atomic E-state index is 6.02. The SMILES string of the molecule is Cc1cccc(C(Br)c2ccc(Cl)c(Cl)c2)c1. The van der Waals surface area contributed by atoms with Gasteiger partial charge in [-0.3, -0.25) is 0 Å². The lowest BCUT2D eigenvalue weighted by molar-refractivity contribution is 1.17. The lowest BCUT2D eigenvalue weighted by atomic mass is 10.0. The first kappa shape index (κ1) is 12.9. The van der Waals surface area contributed by atoms with Crippen LogP contribution in [0.3, 0.4) is 0 Å². The van der Waals surface area contributed by atoms with Crippen LogP contribution in [-0.2, 0) is 0 Å². The molecule has 1 atom stereocenters. The number of benzene rings is 2. The van der Waals surface area contributed by atoms with E-state index in [9.17, 15) is 0 Å². The Morgan fingerprint density at radius 1 is 0.941 bits per heavy atom. The van der Waals surface area contributed by atoms with E-state index in [4.69, 9.17) is 23.2 Å². The summed E-state index contributed by atoms with van der Waals surface area (Å²) in [4.78, 5) is 0.136. The number of alkyl halides is 1. The Hall–Kier alpha value is -0.500. The molecule has 0 aliphatic rings. The fraction of sp³-hybridized carbons (Fsp3) is 0.143. The highest BCUT2D eigenvalue weighted by Gasteiger charge is 2.11. The molecule has 0 N–H and O–H groups in total. The van der Waals surface area contributed by atoms with Crippen molar-refractivity contribution in [3.8, 4) is 0 Å². The summed E-state index contributed by atoms with van der Waals surface area (Å²) in [5, 5.41) is 1.17. The van der Waals surface area contributed by atoms with E-state index in [0.29, 0.717) is 10.0 Å². The highest BCUT2D eigenvalue weighted by molar-refractivity contribution is 9.09. The van der Waals surface area contributed by atoms with Crippen molar-refractivity contribution in [1.29, 1.82) is 0 Å². The first-order valence-electron chi connectivity index (χ1n) is 5.23. The van der Waals surface area contributed by atoms with Crippen LogP contribution in [0.4, 0.5) is 0 Å². The summed E-state index contributed by atoms with van der Waals surface area (Å²) in [5.41, 5.74) is 3.56. The Morgan fingerprint density at radius 2 is 1.65 bits per heavy atom. The van der Waals surface area contributed by atoms with Crippen molar-refractivity contribution in [2.75, 3.05) is 0 Å². The molecule has 0 aromatic heterocycles. The van der Waals surface area contributed by atoms with Crippen molar-refractivity contribution in [2.24, 2.45) is 0 Å². The van der Waals surface area contributed by atoms with Crippen LogP contribution in [0.25, 0.3) is 0 Å². The molecule has 88 valence electrons. The van der Waals surface area contributed by atoms with Gasteiger partial charge >= 0.3 is 0 Å². The van der Waals surface area contributed by atoms with Gasteiger partial charge in [0.1, 0.15) is 0 Å². The maximum Gasteiger partial charge on any atom is 0.0645 e. The molecule has 17 heavy (non-hydrogen) atoms. The number of hydrogen-bond acceptors (Lipinski definition) is 0. The summed E-state index contributed by atoms with van der Waals surface area (Å²) in [6.45, 7) is 2.08. The van der Waals surface area contributed by atoms with E-state index in [1.165, 1.54) is 11.1 Å². The van der Waals surface area contributed by atoms with Crippen molar-refractivity contribution < 1.29 is 0 Å². The van der Waals surface area contributed by atoms with Gasteiger partial charge in [-0.05, 0) is 30.2 Å². The molecule has 0 saturated carbocycles. The Bertz CT molecular complexity index is 537. The molecule has 0 saturated heterocycles. The molecule has 2 rings (SSSR count). The monoisotopic (exact) mass is 328 g/mol. The van der Waals surface area contributed by atoms with Gasteiger partial charge in [-0.15, -0.1) is 0 Å². The smallest absolute Gasteiger partial charge is 0.0645 e. The van der Waals surface area contributed by atoms with Gasteiger partial charge in [0.15, 0.2) is 0 Å². The molecule has 1 unspecified atom stereocenters. The van der Waals surface area contributed by atoms with Crippen molar-refractivity contribution >= 4 is 39.1 Å². The van der Waals surface area contributed by atoms with Crippen LogP contribution in [0.2, 0.25) is 10.0 Å². The standard InChI is InChI=1S/C14H11BrCl2/c1-9-3-2-4-10(7-9)14(15)11-5-6-12(16)13(17)8-11/h2-8,14H,1H3. The van der Waals surface area contributed by atoms with Crippen molar-refractivity contribution in [2.45, 2.75) is 11.8 Å². The van der Waals surface area contributed by atoms with Crippen LogP contribution in [0, 0.1) is 6.92 Å². The average Bonchev–Trinajstić information content (AvgIpc) is 2.32. The lowest BCUT2D eigenvalue weighted by Gasteiger charge is -2.12. The summed E-state index contributed by atoms with van der Waals surface area (Å²) in [6.07, 6.45) is 0. The molecular formula is C14H11BrCl2. The minimum Gasteiger partial charge on any atom is -0.0827 e. The fourth-order valence-electron chi connectivity index (χ4n) is 1.69. The normalized spacial score (nSPS) is 12.5. The van der Waals surface area contributed by atoms with Gasteiger partial charge in [0.2, 0.25) is 0 Å². The molecule has 0 fully saturated rings. The van der Waals surface area contributed by atoms with E-state index in [2.05, 4.69) is 47.1 Å². The third kappa shape index (κ3) is 3.04. The second kappa shape index (κ2) is 5.43. The third-order valence-electron chi connectivity index (χ3n) is 2.57. The van der Waals surface area contributed by atoms with Gasteiger partial charge in [-0.1, -0.05) is 75.0 Å². The maximum atomic E-state index is 6.02. The first-order valence-corrected chi connectivity index (χ1v) is 6.90. The molecule has 0 aliphatic heterocycles. The van der Waals surface area contributed by atoms with E-state index in [-0.39, 0.29) is 4.83 Å². The predicted octanol–water partition coefficient (Wildman–Crippen LogP) is 5.79. The summed E-state index contributed by atoms with van der Waals surface area (Å²) >= 11 is 15.6. The van der Waals surface area contributed by atoms with Crippen LogP contribution in [0.1, 0.15) is 21.5 Å². The number of rotatable bonds is 2. The highest BCUT2D eigenvalue weighted by Crippen LogP contribution is 2.34. The van der Waals surface area contributed by atoms with E-state index < -0.39 is 0 Å². The van der Waals surface area contributed by atoms with E-state index in [1.54, 1.807) is 0 Å². The van der Waals surface area contributed by atoms with Gasteiger partial charge in [0, 0.05) is 0 Å². The fourth-order valence-corrected chi connectivity index (χ4v) is 2.57. The first-order chi connectivity index (χ1) is 8.08. The van der Waals surface area contributed by atoms with Crippen LogP contribution in [0.5, 0.6) is 0 Å². The summed E-state index contributed by atoms with van der Waals surface area (Å²) in [7, 11) is 0. The largest absolute Gasteiger partial charge is 0.0827 e. The second-order valence-electron chi connectivity index (χ2n) is 3.95. The minimum atomic E-state index is 0.136. The number of hydrogen-bond donors (Lipinski definition) is 0. The van der Waals surface area contributed by atoms with Gasteiger partial charge in [0.25, 0.3) is 0 Å². The zero-order valence-electron chi connectivity index (χ0n) is 9.25. The topological polar surface area (TPSA) is 0 Å². The number of aryl methyl sites for hydroxylation is 1. The minimum absolute atomic E-state index is 0.136. The number of halogens is 3. The third-order valence-corrected chi connectivity index (χ3v) is 4.37. The zero-order chi connectivity index (χ0) is 12.4. The highest BCUT2D eigenvalue weighted by atomic mass is 79.9. The lowest BCUT2D eigenvalue weighted by Crippen LogP contribution is -1.93. The molecule has 0 amide bonds. The van der Waals surface area contributed by atoms with Gasteiger partial charge < -0.3 is 0 Å². The summed E-state index contributed by atoms with van der Waals surface area (Å²) in [6, 6.07) is 14.1. The quantitative estimate of drug-likeness (QED) is 0.612. The molecule has 0 bridgehead atoms.